The van der Waals surface area contributed by atoms with Crippen LogP contribution in [0.1, 0.15) is 96.8 Å². The van der Waals surface area contributed by atoms with Crippen molar-refractivity contribution >= 4 is 17.6 Å². The van der Waals surface area contributed by atoms with E-state index in [0.717, 1.165) is 12.3 Å². The van der Waals surface area contributed by atoms with E-state index in [-0.39, 0.29) is 5.97 Å². The maximum atomic E-state index is 10.6. The quantitative estimate of drug-likeness (QED) is 0.191. The van der Waals surface area contributed by atoms with Crippen LogP contribution in [-0.2, 0) is 9.53 Å². The average Bonchev–Trinajstić information content (AvgIpc) is 2.46. The van der Waals surface area contributed by atoms with E-state index in [1.807, 2.05) is 0 Å². The summed E-state index contributed by atoms with van der Waals surface area (Å²) in [6.07, 6.45) is 18.4. The van der Waals surface area contributed by atoms with E-state index in [9.17, 15) is 4.79 Å². The van der Waals surface area contributed by atoms with Crippen molar-refractivity contribution in [3.8, 4) is 0 Å². The van der Waals surface area contributed by atoms with Crippen LogP contribution >= 0.6 is 11.6 Å². The van der Waals surface area contributed by atoms with Gasteiger partial charge in [-0.05, 0) is 12.8 Å². The lowest BCUT2D eigenvalue weighted by molar-refractivity contribution is -0.141. The molecule has 0 rings (SSSR count). The molecule has 0 heterocycles. The molecule has 0 fully saturated rings. The summed E-state index contributed by atoms with van der Waals surface area (Å²) in [5, 5.41) is 0. The second kappa shape index (κ2) is 17.8. The van der Waals surface area contributed by atoms with E-state index >= 15 is 0 Å². The fraction of sp³-hybridized carbons (Fsp3) is 0.944. The van der Waals surface area contributed by atoms with Gasteiger partial charge in [0.25, 0.3) is 0 Å². The van der Waals surface area contributed by atoms with Gasteiger partial charge in [-0.15, -0.1) is 11.6 Å². The highest BCUT2D eigenvalue weighted by molar-refractivity contribution is 6.17. The first-order valence-corrected chi connectivity index (χ1v) is 9.50. The van der Waals surface area contributed by atoms with Crippen LogP contribution in [0.5, 0.6) is 0 Å². The Morgan fingerprint density at radius 1 is 0.667 bits per heavy atom. The van der Waals surface area contributed by atoms with Crippen molar-refractivity contribution in [1.82, 2.24) is 0 Å². The van der Waals surface area contributed by atoms with E-state index in [2.05, 4.69) is 0 Å². The Morgan fingerprint density at radius 3 is 1.33 bits per heavy atom. The molecule has 0 amide bonds. The average molecular weight is 319 g/mol. The van der Waals surface area contributed by atoms with Crippen LogP contribution in [0.2, 0.25) is 0 Å². The van der Waals surface area contributed by atoms with Crippen LogP contribution in [0.3, 0.4) is 0 Å². The number of ether oxygens (including phenoxy) is 1. The third kappa shape index (κ3) is 19.8. The first-order chi connectivity index (χ1) is 10.3. The maximum Gasteiger partial charge on any atom is 0.302 e. The standard InChI is InChI=1S/C18H35ClO2/c1-18(20)21-17-15-13-11-9-7-5-3-2-4-6-8-10-12-14-16-19/h2-17H2,1H3. The van der Waals surface area contributed by atoms with Crippen molar-refractivity contribution in [1.29, 1.82) is 0 Å². The normalized spacial score (nSPS) is 10.8. The van der Waals surface area contributed by atoms with E-state index in [0.29, 0.717) is 6.61 Å². The Balaban J connectivity index is 2.95. The van der Waals surface area contributed by atoms with E-state index in [4.69, 9.17) is 16.3 Å². The number of halogens is 1. The number of hydrogen-bond donors (Lipinski definition) is 0. The maximum absolute atomic E-state index is 10.6. The van der Waals surface area contributed by atoms with Crippen molar-refractivity contribution in [2.75, 3.05) is 12.5 Å². The first-order valence-electron chi connectivity index (χ1n) is 8.96. The molecular formula is C18H35ClO2. The monoisotopic (exact) mass is 318 g/mol. The fourth-order valence-electron chi connectivity index (χ4n) is 2.53. The summed E-state index contributed by atoms with van der Waals surface area (Å²) in [6, 6.07) is 0. The molecule has 0 saturated heterocycles. The highest BCUT2D eigenvalue weighted by Gasteiger charge is 1.95. The highest BCUT2D eigenvalue weighted by atomic mass is 35.5. The summed E-state index contributed by atoms with van der Waals surface area (Å²) in [5.74, 6) is 0.665. The number of rotatable bonds is 16. The number of alkyl halides is 1. The molecule has 126 valence electrons. The SMILES string of the molecule is CC(=O)OCCCCCCCCCCCCCCCCCl. The van der Waals surface area contributed by atoms with Crippen LogP contribution < -0.4 is 0 Å². The predicted octanol–water partition coefficient (Wildman–Crippen LogP) is 6.25. The lowest BCUT2D eigenvalue weighted by atomic mass is 10.0. The van der Waals surface area contributed by atoms with Gasteiger partial charge >= 0.3 is 5.97 Å². The first kappa shape index (κ1) is 20.8. The number of unbranched alkanes of at least 4 members (excludes halogenated alkanes) is 13. The van der Waals surface area contributed by atoms with Gasteiger partial charge in [0.2, 0.25) is 0 Å². The topological polar surface area (TPSA) is 26.3 Å². The molecule has 0 unspecified atom stereocenters. The van der Waals surface area contributed by atoms with Gasteiger partial charge in [0.15, 0.2) is 0 Å². The highest BCUT2D eigenvalue weighted by Crippen LogP contribution is 2.13. The molecule has 0 radical (unpaired) electrons. The second-order valence-corrected chi connectivity index (χ2v) is 6.36. The molecular weight excluding hydrogens is 284 g/mol. The molecule has 21 heavy (non-hydrogen) atoms. The fourth-order valence-corrected chi connectivity index (χ4v) is 2.72. The van der Waals surface area contributed by atoms with Gasteiger partial charge in [0, 0.05) is 12.8 Å². The Morgan fingerprint density at radius 2 is 1.00 bits per heavy atom. The van der Waals surface area contributed by atoms with Crippen LogP contribution in [0.15, 0.2) is 0 Å². The Hall–Kier alpha value is -0.240. The van der Waals surface area contributed by atoms with Gasteiger partial charge in [-0.1, -0.05) is 77.0 Å². The molecule has 0 N–H and O–H groups in total. The minimum Gasteiger partial charge on any atom is -0.466 e. The Labute approximate surface area is 137 Å². The molecule has 0 aliphatic carbocycles. The van der Waals surface area contributed by atoms with E-state index in [1.54, 1.807) is 0 Å². The van der Waals surface area contributed by atoms with Gasteiger partial charge in [-0.3, -0.25) is 4.79 Å². The largest absolute Gasteiger partial charge is 0.466 e. The zero-order chi connectivity index (χ0) is 15.6. The third-order valence-corrected chi connectivity index (χ3v) is 4.10. The summed E-state index contributed by atoms with van der Waals surface area (Å²) in [6.45, 7) is 2.07. The molecule has 0 aromatic heterocycles. The van der Waals surface area contributed by atoms with Gasteiger partial charge < -0.3 is 4.74 Å². The molecule has 3 heteroatoms. The van der Waals surface area contributed by atoms with Crippen molar-refractivity contribution in [2.24, 2.45) is 0 Å². The van der Waals surface area contributed by atoms with E-state index in [1.165, 1.54) is 90.4 Å². The minimum absolute atomic E-state index is 0.158. The molecule has 0 bridgehead atoms. The molecule has 0 aliphatic rings. The molecule has 0 saturated carbocycles. The third-order valence-electron chi connectivity index (χ3n) is 3.83. The lowest BCUT2D eigenvalue weighted by Gasteiger charge is -2.03. The van der Waals surface area contributed by atoms with Crippen LogP contribution in [-0.4, -0.2) is 18.5 Å². The van der Waals surface area contributed by atoms with Crippen LogP contribution in [0.4, 0.5) is 0 Å². The number of carbonyl (C=O) groups is 1. The number of hydrogen-bond acceptors (Lipinski definition) is 2. The Bertz CT molecular complexity index is 219. The van der Waals surface area contributed by atoms with E-state index < -0.39 is 0 Å². The Kier molecular flexibility index (Phi) is 17.6. The van der Waals surface area contributed by atoms with Crippen molar-refractivity contribution in [3.05, 3.63) is 0 Å². The van der Waals surface area contributed by atoms with Crippen LogP contribution in [0.25, 0.3) is 0 Å². The summed E-state index contributed by atoms with van der Waals surface area (Å²) in [4.78, 5) is 10.6. The lowest BCUT2D eigenvalue weighted by Crippen LogP contribution is -2.00. The molecule has 2 nitrogen and oxygen atoms in total. The van der Waals surface area contributed by atoms with Crippen molar-refractivity contribution < 1.29 is 9.53 Å². The van der Waals surface area contributed by atoms with Gasteiger partial charge in [-0.25, -0.2) is 0 Å². The zero-order valence-corrected chi connectivity index (χ0v) is 14.8. The summed E-state index contributed by atoms with van der Waals surface area (Å²) in [5.41, 5.74) is 0. The number of carbonyl (C=O) groups excluding carboxylic acids is 1. The van der Waals surface area contributed by atoms with Crippen molar-refractivity contribution in [2.45, 2.75) is 96.8 Å². The number of esters is 1. The molecule has 0 aromatic rings. The van der Waals surface area contributed by atoms with Crippen LogP contribution in [0, 0.1) is 0 Å². The molecule has 0 aliphatic heterocycles. The smallest absolute Gasteiger partial charge is 0.302 e. The molecule has 0 spiro atoms. The zero-order valence-electron chi connectivity index (χ0n) is 14.0. The predicted molar refractivity (Wildman–Crippen MR) is 92.0 cm³/mol. The summed E-state index contributed by atoms with van der Waals surface area (Å²) < 4.78 is 4.91. The van der Waals surface area contributed by atoms with Gasteiger partial charge in [0.05, 0.1) is 6.61 Å². The molecule has 0 aromatic carbocycles. The minimum atomic E-state index is -0.158. The summed E-state index contributed by atoms with van der Waals surface area (Å²) in [7, 11) is 0. The van der Waals surface area contributed by atoms with Crippen molar-refractivity contribution in [3.63, 3.8) is 0 Å². The summed E-state index contributed by atoms with van der Waals surface area (Å²) >= 11 is 5.65. The van der Waals surface area contributed by atoms with Gasteiger partial charge in [0.1, 0.15) is 0 Å². The molecule has 0 atom stereocenters. The van der Waals surface area contributed by atoms with Gasteiger partial charge in [-0.2, -0.15) is 0 Å². The second-order valence-electron chi connectivity index (χ2n) is 5.98.